The van der Waals surface area contributed by atoms with E-state index < -0.39 is 8.07 Å². The summed E-state index contributed by atoms with van der Waals surface area (Å²) in [7, 11) is -0.263. The first-order valence-electron chi connectivity index (χ1n) is 4.47. The van der Waals surface area contributed by atoms with E-state index in [1.54, 1.807) is 5.19 Å². The molecule has 0 amide bonds. The molecule has 1 atom stereocenters. The van der Waals surface area contributed by atoms with Gasteiger partial charge >= 0.3 is 0 Å². The van der Waals surface area contributed by atoms with E-state index in [1.165, 1.54) is 11.7 Å². The topological polar surface area (TPSA) is 0 Å². The molecule has 1 rings (SSSR count). The molecule has 0 aliphatic carbocycles. The van der Waals surface area contributed by atoms with Crippen molar-refractivity contribution in [1.29, 1.82) is 0 Å². The average Bonchev–Trinajstić information content (AvgIpc) is 2.04. The van der Waals surface area contributed by atoms with Crippen LogP contribution in [0.5, 0.6) is 0 Å². The maximum Gasteiger partial charge on any atom is 0.0776 e. The van der Waals surface area contributed by atoms with Gasteiger partial charge in [-0.15, -0.1) is 0 Å². The van der Waals surface area contributed by atoms with Crippen LogP contribution >= 0.6 is 22.8 Å². The summed E-state index contributed by atoms with van der Waals surface area (Å²) >= 11 is 3.50. The molecule has 0 heterocycles. The number of rotatable bonds is 3. The van der Waals surface area contributed by atoms with Crippen molar-refractivity contribution in [1.82, 2.24) is 0 Å². The largest absolute Gasteiger partial charge is 0.0776 e. The predicted molar refractivity (Wildman–Crippen MR) is 70.4 cm³/mol. The molecule has 0 aliphatic heterocycles. The summed E-state index contributed by atoms with van der Waals surface area (Å²) in [4.78, 5) is 0. The fraction of sp³-hybridized carbons (Fsp3) is 0.400. The van der Waals surface area contributed by atoms with Crippen LogP contribution in [0.15, 0.2) is 24.3 Å². The highest BCUT2D eigenvalue weighted by molar-refractivity contribution is 9.36. The Balaban J connectivity index is 2.92. The van der Waals surface area contributed by atoms with Crippen LogP contribution in [-0.4, -0.2) is 8.07 Å². The van der Waals surface area contributed by atoms with Gasteiger partial charge < -0.3 is 0 Å². The van der Waals surface area contributed by atoms with E-state index in [-0.39, 0.29) is 0 Å². The van der Waals surface area contributed by atoms with Gasteiger partial charge in [0, 0.05) is 0 Å². The van der Waals surface area contributed by atoms with Crippen LogP contribution in [0, 0.1) is 0 Å². The maximum atomic E-state index is 3.50. The Morgan fingerprint density at radius 3 is 2.54 bits per heavy atom. The van der Waals surface area contributed by atoms with E-state index in [9.17, 15) is 0 Å². The first kappa shape index (κ1) is 11.4. The second-order valence-electron chi connectivity index (χ2n) is 4.26. The van der Waals surface area contributed by atoms with Crippen molar-refractivity contribution < 1.29 is 0 Å². The van der Waals surface area contributed by atoms with E-state index in [2.05, 4.69) is 59.4 Å². The molecule has 0 bridgehead atoms. The van der Waals surface area contributed by atoms with E-state index in [4.69, 9.17) is 0 Å². The lowest BCUT2D eigenvalue weighted by Gasteiger charge is -2.17. The van der Waals surface area contributed by atoms with Gasteiger partial charge in [0.2, 0.25) is 0 Å². The van der Waals surface area contributed by atoms with Gasteiger partial charge in [0.1, 0.15) is 0 Å². The van der Waals surface area contributed by atoms with Crippen molar-refractivity contribution in [3.63, 3.8) is 0 Å². The zero-order valence-electron chi connectivity index (χ0n) is 8.39. The Morgan fingerprint density at radius 2 is 2.00 bits per heavy atom. The van der Waals surface area contributed by atoms with E-state index in [0.717, 1.165) is 7.28 Å². The summed E-state index contributed by atoms with van der Waals surface area (Å²) in [5, 5.41) is 1.57. The van der Waals surface area contributed by atoms with Crippen LogP contribution in [0.25, 0.3) is 0 Å². The van der Waals surface area contributed by atoms with E-state index in [1.807, 2.05) is 0 Å². The van der Waals surface area contributed by atoms with E-state index >= 15 is 0 Å². The molecule has 0 saturated heterocycles. The second kappa shape index (κ2) is 4.72. The Bertz CT molecular complexity index is 280. The van der Waals surface area contributed by atoms with Crippen molar-refractivity contribution in [2.45, 2.75) is 25.8 Å². The van der Waals surface area contributed by atoms with Crippen LogP contribution < -0.4 is 5.19 Å². The highest BCUT2D eigenvalue weighted by Crippen LogP contribution is 2.25. The van der Waals surface area contributed by atoms with Crippen LogP contribution in [0.4, 0.5) is 0 Å². The molecule has 72 valence electrons. The van der Waals surface area contributed by atoms with Gasteiger partial charge in [0.15, 0.2) is 0 Å². The Morgan fingerprint density at radius 1 is 1.31 bits per heavy atom. The summed E-state index contributed by atoms with van der Waals surface area (Å²) in [5.74, 6) is 0. The zero-order chi connectivity index (χ0) is 9.90. The van der Waals surface area contributed by atoms with Gasteiger partial charge in [-0.3, -0.25) is 0 Å². The average molecular weight is 275 g/mol. The molecule has 1 unspecified atom stereocenters. The van der Waals surface area contributed by atoms with Crippen molar-refractivity contribution in [2.24, 2.45) is 0 Å². The maximum absolute atomic E-state index is 3.50. The first-order valence-corrected chi connectivity index (χ1v) is 11.4. The molecule has 1 aromatic carbocycles. The number of halogens is 1. The standard InChI is InChI=1S/C10H16BrPSi/c1-13(2,3)10-6-4-5-9(7-10)8-12-11/h4-7,12H,8H2,1-3H3. The lowest BCUT2D eigenvalue weighted by atomic mass is 10.2. The zero-order valence-corrected chi connectivity index (χ0v) is 12.0. The summed E-state index contributed by atoms with van der Waals surface area (Å²) in [6, 6.07) is 9.06. The van der Waals surface area contributed by atoms with Gasteiger partial charge in [-0.25, -0.2) is 0 Å². The Hall–Kier alpha value is 0.347. The molecule has 0 aliphatic rings. The number of benzene rings is 1. The van der Waals surface area contributed by atoms with Crippen molar-refractivity contribution in [2.75, 3.05) is 0 Å². The third kappa shape index (κ3) is 3.53. The summed E-state index contributed by atoms with van der Waals surface area (Å²) in [5.41, 5.74) is 1.47. The van der Waals surface area contributed by atoms with Crippen LogP contribution in [0.3, 0.4) is 0 Å². The second-order valence-corrected chi connectivity index (χ2v) is 11.6. The van der Waals surface area contributed by atoms with Crippen LogP contribution in [0.1, 0.15) is 5.56 Å². The number of hydrogen-bond acceptors (Lipinski definition) is 0. The minimum Gasteiger partial charge on any atom is -0.0656 e. The molecular weight excluding hydrogens is 259 g/mol. The number of hydrogen-bond donors (Lipinski definition) is 0. The lowest BCUT2D eigenvalue weighted by Crippen LogP contribution is -2.37. The highest BCUT2D eigenvalue weighted by atomic mass is 79.9. The predicted octanol–water partition coefficient (Wildman–Crippen LogP) is 3.72. The SMILES string of the molecule is C[Si](C)(C)c1cccc(CPBr)c1. The fourth-order valence-corrected chi connectivity index (χ4v) is 3.79. The Kier molecular flexibility index (Phi) is 4.15. The minimum absolute atomic E-state index is 0.843. The molecule has 0 fully saturated rings. The molecule has 0 aromatic heterocycles. The Labute approximate surface area is 91.7 Å². The van der Waals surface area contributed by atoms with Gasteiger partial charge in [-0.05, 0) is 19.0 Å². The normalized spacial score (nSPS) is 12.6. The monoisotopic (exact) mass is 274 g/mol. The quantitative estimate of drug-likeness (QED) is 0.582. The summed E-state index contributed by atoms with van der Waals surface area (Å²) in [6.07, 6.45) is 1.16. The smallest absolute Gasteiger partial charge is 0.0656 e. The molecule has 3 heteroatoms. The van der Waals surface area contributed by atoms with Crippen LogP contribution in [-0.2, 0) is 6.16 Å². The summed E-state index contributed by atoms with van der Waals surface area (Å²) < 4.78 is 0. The van der Waals surface area contributed by atoms with Crippen molar-refractivity contribution >= 4 is 36.0 Å². The first-order chi connectivity index (χ1) is 6.04. The third-order valence-corrected chi connectivity index (χ3v) is 5.49. The lowest BCUT2D eigenvalue weighted by molar-refractivity contribution is 1.43. The molecule has 13 heavy (non-hydrogen) atoms. The molecule has 0 spiro atoms. The van der Waals surface area contributed by atoms with Gasteiger partial charge in [0.05, 0.1) is 8.07 Å². The van der Waals surface area contributed by atoms with Gasteiger partial charge in [-0.1, -0.05) is 64.6 Å². The minimum atomic E-state index is -1.11. The van der Waals surface area contributed by atoms with Gasteiger partial charge in [0.25, 0.3) is 0 Å². The van der Waals surface area contributed by atoms with E-state index in [0.29, 0.717) is 0 Å². The summed E-state index contributed by atoms with van der Waals surface area (Å²) in [6.45, 7) is 7.17. The molecule has 1 aromatic rings. The van der Waals surface area contributed by atoms with Gasteiger partial charge in [-0.2, -0.15) is 0 Å². The van der Waals surface area contributed by atoms with Crippen molar-refractivity contribution in [3.8, 4) is 0 Å². The third-order valence-electron chi connectivity index (χ3n) is 2.06. The molecule has 0 radical (unpaired) electrons. The molecule has 0 nitrogen and oxygen atoms in total. The van der Waals surface area contributed by atoms with Crippen molar-refractivity contribution in [3.05, 3.63) is 29.8 Å². The molecular formula is C10H16BrPSi. The van der Waals surface area contributed by atoms with Crippen LogP contribution in [0.2, 0.25) is 19.6 Å². The molecule has 0 N–H and O–H groups in total. The highest BCUT2D eigenvalue weighted by Gasteiger charge is 2.15. The fourth-order valence-electron chi connectivity index (χ4n) is 1.22. The molecule has 0 saturated carbocycles.